The van der Waals surface area contributed by atoms with Crippen LogP contribution in [0.25, 0.3) is 0 Å². The molecule has 1 rings (SSSR count). The first-order valence-electron chi connectivity index (χ1n) is 4.62. The highest BCUT2D eigenvalue weighted by Gasteiger charge is 2.21. The van der Waals surface area contributed by atoms with E-state index in [0.717, 1.165) is 6.07 Å². The van der Waals surface area contributed by atoms with Crippen LogP contribution in [0.1, 0.15) is 23.2 Å². The number of carboxylic acid groups (broad SMARTS) is 1. The monoisotopic (exact) mass is 265 g/mol. The zero-order valence-corrected chi connectivity index (χ0v) is 9.67. The molecule has 0 aliphatic rings. The van der Waals surface area contributed by atoms with Gasteiger partial charge in [0.15, 0.2) is 0 Å². The van der Waals surface area contributed by atoms with E-state index in [-0.39, 0.29) is 23.0 Å². The summed E-state index contributed by atoms with van der Waals surface area (Å²) in [4.78, 5) is 14.5. The number of carboxylic acids is 1. The van der Waals surface area contributed by atoms with Gasteiger partial charge in [0.2, 0.25) is 5.88 Å². The number of alkyl halides is 3. The molecule has 1 aromatic heterocycles. The molecule has 0 aliphatic heterocycles. The molecule has 0 aromatic carbocycles. The molecule has 7 heteroatoms. The Morgan fingerprint density at radius 3 is 2.71 bits per heavy atom. The lowest BCUT2D eigenvalue weighted by Crippen LogP contribution is -2.09. The number of rotatable bonds is 5. The molecule has 0 saturated heterocycles. The molecule has 1 heterocycles. The van der Waals surface area contributed by atoms with E-state index >= 15 is 0 Å². The number of hydrogen-bond acceptors (Lipinski definition) is 3. The summed E-state index contributed by atoms with van der Waals surface area (Å²) in [6, 6.07) is 1.03. The molecule has 94 valence electrons. The summed E-state index contributed by atoms with van der Waals surface area (Å²) in [7, 11) is 1.28. The Morgan fingerprint density at radius 1 is 1.65 bits per heavy atom. The van der Waals surface area contributed by atoms with Crippen LogP contribution in [0, 0.1) is 0 Å². The number of halogens is 3. The molecule has 0 amide bonds. The van der Waals surface area contributed by atoms with Crippen molar-refractivity contribution in [1.82, 2.24) is 4.98 Å². The second kappa shape index (κ2) is 5.77. The van der Waals surface area contributed by atoms with Gasteiger partial charge in [-0.25, -0.2) is 13.8 Å². The van der Waals surface area contributed by atoms with E-state index in [2.05, 4.69) is 4.98 Å². The first kappa shape index (κ1) is 13.6. The molecule has 0 spiro atoms. The third-order valence-electron chi connectivity index (χ3n) is 2.12. The van der Waals surface area contributed by atoms with Crippen LogP contribution in [0.3, 0.4) is 0 Å². The van der Waals surface area contributed by atoms with Gasteiger partial charge in [0.25, 0.3) is 6.43 Å². The van der Waals surface area contributed by atoms with Crippen molar-refractivity contribution >= 4 is 17.6 Å². The lowest BCUT2D eigenvalue weighted by molar-refractivity contribution is -0.136. The number of nitrogens with zero attached hydrogens (tertiary/aromatic N) is 1. The Balaban J connectivity index is 3.35. The number of aliphatic carboxylic acids is 1. The van der Waals surface area contributed by atoms with Gasteiger partial charge in [-0.15, -0.1) is 11.6 Å². The topological polar surface area (TPSA) is 59.4 Å². The van der Waals surface area contributed by atoms with Gasteiger partial charge >= 0.3 is 5.97 Å². The highest BCUT2D eigenvalue weighted by molar-refractivity contribution is 6.17. The van der Waals surface area contributed by atoms with Crippen LogP contribution in [-0.2, 0) is 17.1 Å². The lowest BCUT2D eigenvalue weighted by atomic mass is 10.0. The molecule has 1 N–H and O–H groups in total. The summed E-state index contributed by atoms with van der Waals surface area (Å²) in [5, 5.41) is 8.67. The number of ether oxygens (including phenoxy) is 1. The van der Waals surface area contributed by atoms with Gasteiger partial charge in [0.1, 0.15) is 0 Å². The van der Waals surface area contributed by atoms with Crippen LogP contribution in [0.4, 0.5) is 8.78 Å². The van der Waals surface area contributed by atoms with Gasteiger partial charge < -0.3 is 9.84 Å². The van der Waals surface area contributed by atoms with Crippen LogP contribution in [0.5, 0.6) is 5.88 Å². The molecular formula is C10H10ClF2NO3. The van der Waals surface area contributed by atoms with Crippen LogP contribution >= 0.6 is 11.6 Å². The summed E-state index contributed by atoms with van der Waals surface area (Å²) in [6.45, 7) is 0. The molecule has 0 unspecified atom stereocenters. The molecule has 1 aromatic rings. The lowest BCUT2D eigenvalue weighted by Gasteiger charge is -2.12. The van der Waals surface area contributed by atoms with E-state index in [1.54, 1.807) is 0 Å². The molecule has 0 fully saturated rings. The third kappa shape index (κ3) is 3.26. The Kier molecular flexibility index (Phi) is 4.62. The molecular weight excluding hydrogens is 256 g/mol. The summed E-state index contributed by atoms with van der Waals surface area (Å²) in [5.41, 5.74) is -0.359. The predicted octanol–water partition coefficient (Wildman–Crippen LogP) is 2.39. The molecule has 17 heavy (non-hydrogen) atoms. The first-order valence-corrected chi connectivity index (χ1v) is 5.15. The minimum atomic E-state index is -2.80. The smallest absolute Gasteiger partial charge is 0.307 e. The minimum Gasteiger partial charge on any atom is -0.481 e. The van der Waals surface area contributed by atoms with Crippen molar-refractivity contribution < 1.29 is 23.4 Å². The number of aromatic nitrogens is 1. The second-order valence-electron chi connectivity index (χ2n) is 3.18. The molecule has 0 radical (unpaired) electrons. The van der Waals surface area contributed by atoms with E-state index in [4.69, 9.17) is 21.4 Å². The van der Waals surface area contributed by atoms with Crippen molar-refractivity contribution in [3.8, 4) is 5.88 Å². The van der Waals surface area contributed by atoms with Crippen molar-refractivity contribution in [3.05, 3.63) is 22.9 Å². The fourth-order valence-corrected chi connectivity index (χ4v) is 1.61. The summed E-state index contributed by atoms with van der Waals surface area (Å²) in [5.74, 6) is -1.38. The average Bonchev–Trinajstić information content (AvgIpc) is 2.28. The number of methoxy groups -OCH3 is 1. The van der Waals surface area contributed by atoms with Gasteiger partial charge in [-0.2, -0.15) is 0 Å². The van der Waals surface area contributed by atoms with Gasteiger partial charge in [-0.05, 0) is 5.56 Å². The highest BCUT2D eigenvalue weighted by atomic mass is 35.5. The van der Waals surface area contributed by atoms with Crippen LogP contribution in [0.15, 0.2) is 6.07 Å². The van der Waals surface area contributed by atoms with E-state index < -0.39 is 24.4 Å². The quantitative estimate of drug-likeness (QED) is 0.831. The van der Waals surface area contributed by atoms with Crippen LogP contribution in [-0.4, -0.2) is 23.2 Å². The van der Waals surface area contributed by atoms with Crippen molar-refractivity contribution in [3.63, 3.8) is 0 Å². The summed E-state index contributed by atoms with van der Waals surface area (Å²) < 4.78 is 30.3. The standard InChI is InChI=1S/C10H10ClF2NO3/c1-17-8-2-6(10(12)13)5(3-9(15)16)7(4-11)14-8/h2,10H,3-4H2,1H3,(H,15,16). The van der Waals surface area contributed by atoms with Crippen molar-refractivity contribution in [2.75, 3.05) is 7.11 Å². The Morgan fingerprint density at radius 2 is 2.29 bits per heavy atom. The van der Waals surface area contributed by atoms with Crippen LogP contribution in [0.2, 0.25) is 0 Å². The maximum Gasteiger partial charge on any atom is 0.307 e. The fraction of sp³-hybridized carbons (Fsp3) is 0.400. The number of hydrogen-bond donors (Lipinski definition) is 1. The molecule has 4 nitrogen and oxygen atoms in total. The zero-order valence-electron chi connectivity index (χ0n) is 8.91. The molecule has 0 aliphatic carbocycles. The third-order valence-corrected chi connectivity index (χ3v) is 2.37. The molecule has 0 bridgehead atoms. The zero-order chi connectivity index (χ0) is 13.0. The normalized spacial score (nSPS) is 10.6. The average molecular weight is 266 g/mol. The second-order valence-corrected chi connectivity index (χ2v) is 3.45. The van der Waals surface area contributed by atoms with Gasteiger partial charge in [0.05, 0.1) is 25.1 Å². The SMILES string of the molecule is COc1cc(C(F)F)c(CC(=O)O)c(CCl)n1. The van der Waals surface area contributed by atoms with Crippen molar-refractivity contribution in [1.29, 1.82) is 0 Å². The Labute approximate surface area is 101 Å². The van der Waals surface area contributed by atoms with Gasteiger partial charge in [-0.3, -0.25) is 4.79 Å². The van der Waals surface area contributed by atoms with Gasteiger partial charge in [0, 0.05) is 11.6 Å². The minimum absolute atomic E-state index is 0.00918. The Bertz CT molecular complexity index is 426. The molecule has 0 atom stereocenters. The number of pyridine rings is 1. The fourth-order valence-electron chi connectivity index (χ4n) is 1.38. The highest BCUT2D eigenvalue weighted by Crippen LogP contribution is 2.29. The summed E-state index contributed by atoms with van der Waals surface area (Å²) >= 11 is 5.57. The van der Waals surface area contributed by atoms with E-state index in [1.807, 2.05) is 0 Å². The van der Waals surface area contributed by atoms with Crippen LogP contribution < -0.4 is 4.74 Å². The van der Waals surface area contributed by atoms with E-state index in [9.17, 15) is 13.6 Å². The van der Waals surface area contributed by atoms with Crippen molar-refractivity contribution in [2.24, 2.45) is 0 Å². The van der Waals surface area contributed by atoms with E-state index in [1.165, 1.54) is 7.11 Å². The maximum atomic E-state index is 12.8. The van der Waals surface area contributed by atoms with Gasteiger partial charge in [-0.1, -0.05) is 0 Å². The maximum absolute atomic E-state index is 12.8. The number of carbonyl (C=O) groups is 1. The van der Waals surface area contributed by atoms with E-state index in [0.29, 0.717) is 0 Å². The Hall–Kier alpha value is -1.43. The van der Waals surface area contributed by atoms with Crippen molar-refractivity contribution in [2.45, 2.75) is 18.7 Å². The first-order chi connectivity index (χ1) is 7.99. The largest absolute Gasteiger partial charge is 0.481 e. The predicted molar refractivity (Wildman–Crippen MR) is 56.6 cm³/mol. The molecule has 0 saturated carbocycles. The summed E-state index contributed by atoms with van der Waals surface area (Å²) in [6.07, 6.45) is -3.35.